The molecule has 1 saturated heterocycles. The molecule has 112 valence electrons. The summed E-state index contributed by atoms with van der Waals surface area (Å²) in [7, 11) is 0. The molecule has 0 saturated carbocycles. The van der Waals surface area contributed by atoms with E-state index in [1.165, 1.54) is 6.42 Å². The van der Waals surface area contributed by atoms with Crippen LogP contribution in [0.1, 0.15) is 46.0 Å². The molecular formula is C14H28N2O3. The summed E-state index contributed by atoms with van der Waals surface area (Å²) in [5.74, 6) is -0.321. The van der Waals surface area contributed by atoms with Crippen molar-refractivity contribution in [2.75, 3.05) is 26.4 Å². The van der Waals surface area contributed by atoms with Crippen LogP contribution in [0.25, 0.3) is 0 Å². The highest BCUT2D eigenvalue weighted by atomic mass is 16.5. The Balaban J connectivity index is 2.22. The molecule has 0 aromatic carbocycles. The van der Waals surface area contributed by atoms with E-state index in [0.29, 0.717) is 19.6 Å². The van der Waals surface area contributed by atoms with Gasteiger partial charge in [0.05, 0.1) is 18.2 Å². The normalized spacial score (nSPS) is 22.9. The largest absolute Gasteiger partial charge is 0.379 e. The van der Waals surface area contributed by atoms with Crippen molar-refractivity contribution >= 4 is 5.91 Å². The molecule has 0 bridgehead atoms. The van der Waals surface area contributed by atoms with Gasteiger partial charge in [0.2, 0.25) is 5.91 Å². The van der Waals surface area contributed by atoms with Crippen LogP contribution < -0.4 is 11.1 Å². The highest BCUT2D eigenvalue weighted by molar-refractivity contribution is 5.84. The summed E-state index contributed by atoms with van der Waals surface area (Å²) in [6.45, 7) is 6.66. The average molecular weight is 272 g/mol. The molecule has 1 aliphatic rings. The number of nitrogens with two attached hydrogens (primary N) is 1. The SMILES string of the molecule is CCCNC(C)(CCOCC1CCCCO1)C(N)=O. The standard InChI is InChI=1S/C14H28N2O3/c1-3-8-16-14(2,13(15)17)7-10-18-11-12-6-4-5-9-19-12/h12,16H,3-11H2,1-2H3,(H2,15,17). The van der Waals surface area contributed by atoms with Gasteiger partial charge < -0.3 is 20.5 Å². The zero-order valence-electron chi connectivity index (χ0n) is 12.2. The zero-order valence-corrected chi connectivity index (χ0v) is 12.2. The van der Waals surface area contributed by atoms with Gasteiger partial charge in [-0.1, -0.05) is 6.92 Å². The minimum atomic E-state index is -0.677. The molecule has 0 aliphatic carbocycles. The lowest BCUT2D eigenvalue weighted by Gasteiger charge is -2.28. The third-order valence-electron chi connectivity index (χ3n) is 3.63. The number of amides is 1. The van der Waals surface area contributed by atoms with Crippen LogP contribution in [0.2, 0.25) is 0 Å². The van der Waals surface area contributed by atoms with Gasteiger partial charge in [0, 0.05) is 13.2 Å². The van der Waals surface area contributed by atoms with E-state index >= 15 is 0 Å². The summed E-state index contributed by atoms with van der Waals surface area (Å²) in [4.78, 5) is 11.5. The van der Waals surface area contributed by atoms with Crippen LogP contribution in [-0.2, 0) is 14.3 Å². The number of hydrogen-bond donors (Lipinski definition) is 2. The van der Waals surface area contributed by atoms with Gasteiger partial charge >= 0.3 is 0 Å². The molecule has 5 heteroatoms. The smallest absolute Gasteiger partial charge is 0.237 e. The first kappa shape index (κ1) is 16.4. The van der Waals surface area contributed by atoms with Gasteiger partial charge in [-0.15, -0.1) is 0 Å². The van der Waals surface area contributed by atoms with Crippen LogP contribution in [-0.4, -0.2) is 43.9 Å². The molecule has 1 fully saturated rings. The van der Waals surface area contributed by atoms with Gasteiger partial charge in [0.15, 0.2) is 0 Å². The van der Waals surface area contributed by atoms with Crippen LogP contribution in [0.3, 0.4) is 0 Å². The molecular weight excluding hydrogens is 244 g/mol. The van der Waals surface area contributed by atoms with Crippen LogP contribution >= 0.6 is 0 Å². The predicted octanol–water partition coefficient (Wildman–Crippen LogP) is 1.21. The van der Waals surface area contributed by atoms with Crippen molar-refractivity contribution in [1.29, 1.82) is 0 Å². The van der Waals surface area contributed by atoms with Crippen LogP contribution in [0.5, 0.6) is 0 Å². The fraction of sp³-hybridized carbons (Fsp3) is 0.929. The molecule has 2 unspecified atom stereocenters. The summed E-state index contributed by atoms with van der Waals surface area (Å²) >= 11 is 0. The van der Waals surface area contributed by atoms with Crippen molar-refractivity contribution < 1.29 is 14.3 Å². The van der Waals surface area contributed by atoms with E-state index < -0.39 is 5.54 Å². The predicted molar refractivity (Wildman–Crippen MR) is 74.9 cm³/mol. The van der Waals surface area contributed by atoms with Gasteiger partial charge in [0.25, 0.3) is 0 Å². The number of ether oxygens (including phenoxy) is 2. The lowest BCUT2D eigenvalue weighted by atomic mass is 9.97. The number of hydrogen-bond acceptors (Lipinski definition) is 4. The van der Waals surface area contributed by atoms with Crippen molar-refractivity contribution in [3.8, 4) is 0 Å². The Morgan fingerprint density at radius 1 is 1.53 bits per heavy atom. The fourth-order valence-corrected chi connectivity index (χ4v) is 2.13. The van der Waals surface area contributed by atoms with Crippen molar-refractivity contribution in [3.63, 3.8) is 0 Å². The third-order valence-corrected chi connectivity index (χ3v) is 3.63. The Kier molecular flexibility index (Phi) is 7.34. The molecule has 1 rings (SSSR count). The molecule has 1 aliphatic heterocycles. The second kappa shape index (κ2) is 8.51. The number of primary amides is 1. The summed E-state index contributed by atoms with van der Waals surface area (Å²) in [5.41, 5.74) is 4.78. The molecule has 0 aromatic heterocycles. The highest BCUT2D eigenvalue weighted by Gasteiger charge is 2.29. The van der Waals surface area contributed by atoms with E-state index in [1.54, 1.807) is 0 Å². The highest BCUT2D eigenvalue weighted by Crippen LogP contribution is 2.14. The third kappa shape index (κ3) is 5.89. The number of rotatable bonds is 9. The van der Waals surface area contributed by atoms with Crippen molar-refractivity contribution in [2.45, 2.75) is 57.6 Å². The Labute approximate surface area is 116 Å². The lowest BCUT2D eigenvalue weighted by molar-refractivity contribution is -0.124. The minimum absolute atomic E-state index is 0.220. The maximum Gasteiger partial charge on any atom is 0.237 e. The summed E-state index contributed by atoms with van der Waals surface area (Å²) in [5, 5.41) is 3.20. The second-order valence-corrected chi connectivity index (χ2v) is 5.44. The van der Waals surface area contributed by atoms with Gasteiger partial charge in [-0.3, -0.25) is 4.79 Å². The molecule has 3 N–H and O–H groups in total. The van der Waals surface area contributed by atoms with Crippen LogP contribution in [0.4, 0.5) is 0 Å². The Bertz CT molecular complexity index is 267. The molecule has 1 heterocycles. The average Bonchev–Trinajstić information content (AvgIpc) is 2.42. The van der Waals surface area contributed by atoms with E-state index in [2.05, 4.69) is 12.2 Å². The van der Waals surface area contributed by atoms with E-state index in [4.69, 9.17) is 15.2 Å². The number of nitrogens with one attached hydrogen (secondary N) is 1. The topological polar surface area (TPSA) is 73.6 Å². The van der Waals surface area contributed by atoms with E-state index in [-0.39, 0.29) is 12.0 Å². The first-order valence-corrected chi connectivity index (χ1v) is 7.33. The van der Waals surface area contributed by atoms with Gasteiger partial charge in [-0.25, -0.2) is 0 Å². The Morgan fingerprint density at radius 3 is 2.89 bits per heavy atom. The molecule has 1 amide bonds. The van der Waals surface area contributed by atoms with Crippen LogP contribution in [0.15, 0.2) is 0 Å². The summed E-state index contributed by atoms with van der Waals surface area (Å²) < 4.78 is 11.2. The molecule has 5 nitrogen and oxygen atoms in total. The Morgan fingerprint density at radius 2 is 2.32 bits per heavy atom. The van der Waals surface area contributed by atoms with E-state index in [9.17, 15) is 4.79 Å². The van der Waals surface area contributed by atoms with Gasteiger partial charge in [-0.2, -0.15) is 0 Å². The van der Waals surface area contributed by atoms with Gasteiger partial charge in [-0.05, 0) is 45.6 Å². The monoisotopic (exact) mass is 272 g/mol. The summed E-state index contributed by atoms with van der Waals surface area (Å²) in [6, 6.07) is 0. The van der Waals surface area contributed by atoms with Crippen LogP contribution in [0, 0.1) is 0 Å². The number of carbonyl (C=O) groups excluding carboxylic acids is 1. The second-order valence-electron chi connectivity index (χ2n) is 5.44. The minimum Gasteiger partial charge on any atom is -0.379 e. The first-order chi connectivity index (χ1) is 9.08. The van der Waals surface area contributed by atoms with E-state index in [0.717, 1.165) is 32.4 Å². The lowest BCUT2D eigenvalue weighted by Crippen LogP contribution is -2.54. The van der Waals surface area contributed by atoms with Gasteiger partial charge in [0.1, 0.15) is 0 Å². The van der Waals surface area contributed by atoms with Crippen molar-refractivity contribution in [2.24, 2.45) is 5.73 Å². The quantitative estimate of drug-likeness (QED) is 0.619. The van der Waals surface area contributed by atoms with Crippen molar-refractivity contribution in [1.82, 2.24) is 5.32 Å². The molecule has 2 atom stereocenters. The molecule has 0 radical (unpaired) electrons. The molecule has 19 heavy (non-hydrogen) atoms. The maximum absolute atomic E-state index is 11.5. The summed E-state index contributed by atoms with van der Waals surface area (Å²) in [6.07, 6.45) is 5.22. The molecule has 0 spiro atoms. The maximum atomic E-state index is 11.5. The van der Waals surface area contributed by atoms with E-state index in [1.807, 2.05) is 6.92 Å². The number of carbonyl (C=O) groups is 1. The molecule has 0 aromatic rings. The van der Waals surface area contributed by atoms with Crippen molar-refractivity contribution in [3.05, 3.63) is 0 Å². The Hall–Kier alpha value is -0.650. The zero-order chi connectivity index (χ0) is 14.1. The fourth-order valence-electron chi connectivity index (χ4n) is 2.13. The first-order valence-electron chi connectivity index (χ1n) is 7.33.